The van der Waals surface area contributed by atoms with Crippen LogP contribution in [0.3, 0.4) is 0 Å². The molecular formula is C44H65BN4O9. The van der Waals surface area contributed by atoms with E-state index in [1.165, 1.54) is 26.2 Å². The third-order valence-electron chi connectivity index (χ3n) is 10.6. The highest BCUT2D eigenvalue weighted by Crippen LogP contribution is 2.23. The summed E-state index contributed by atoms with van der Waals surface area (Å²) in [6.45, 7) is 7.68. The molecule has 8 N–H and O–H groups in total. The van der Waals surface area contributed by atoms with Crippen molar-refractivity contribution in [2.75, 3.05) is 6.54 Å². The highest BCUT2D eigenvalue weighted by atomic mass is 16.3. The molecule has 6 atom stereocenters. The van der Waals surface area contributed by atoms with Gasteiger partial charge in [-0.25, -0.2) is 0 Å². The van der Waals surface area contributed by atoms with E-state index in [1.807, 2.05) is 12.1 Å². The first-order valence-electron chi connectivity index (χ1n) is 20.7. The molecule has 0 aliphatic rings. The Kier molecular flexibility index (Phi) is 22.0. The first-order chi connectivity index (χ1) is 27.5. The number of nitrogens with one attached hydrogen (secondary N) is 2. The first kappa shape index (κ1) is 49.6. The number of hydrogen-bond acceptors (Lipinski definition) is 10. The van der Waals surface area contributed by atoms with E-state index in [2.05, 4.69) is 41.8 Å². The van der Waals surface area contributed by atoms with E-state index in [0.29, 0.717) is 37.8 Å². The van der Waals surface area contributed by atoms with Gasteiger partial charge in [-0.1, -0.05) is 89.0 Å². The Bertz CT molecular complexity index is 1660. The van der Waals surface area contributed by atoms with Crippen molar-refractivity contribution in [1.29, 1.82) is 0 Å². The fourth-order valence-electron chi connectivity index (χ4n) is 6.57. The Hall–Kier alpha value is -4.53. The third-order valence-corrected chi connectivity index (χ3v) is 10.6. The van der Waals surface area contributed by atoms with Crippen molar-refractivity contribution in [3.8, 4) is 11.1 Å². The molecule has 2 aromatic carbocycles. The van der Waals surface area contributed by atoms with Crippen molar-refractivity contribution >= 4 is 47.8 Å². The molecule has 0 radical (unpaired) electrons. The molecule has 0 saturated carbocycles. The van der Waals surface area contributed by atoms with Gasteiger partial charge in [0.05, 0.1) is 18.6 Å². The number of carbonyl (C=O) groups excluding carboxylic acids is 7. The van der Waals surface area contributed by atoms with Gasteiger partial charge >= 0.3 is 0 Å². The van der Waals surface area contributed by atoms with Crippen molar-refractivity contribution in [3.05, 3.63) is 59.7 Å². The predicted molar refractivity (Wildman–Crippen MR) is 226 cm³/mol. The van der Waals surface area contributed by atoms with Gasteiger partial charge in [0.25, 0.3) is 6.92 Å². The van der Waals surface area contributed by atoms with E-state index in [4.69, 9.17) is 11.5 Å². The Morgan fingerprint density at radius 1 is 0.741 bits per heavy atom. The van der Waals surface area contributed by atoms with Gasteiger partial charge in [0.2, 0.25) is 17.7 Å². The number of unbranched alkanes of at least 4 members (excludes halogenated alkanes) is 2. The van der Waals surface area contributed by atoms with Crippen molar-refractivity contribution in [1.82, 2.24) is 10.6 Å². The Balaban J connectivity index is 1.99. The molecule has 13 nitrogen and oxygen atoms in total. The number of nitrogens with two attached hydrogens (primary N) is 2. The lowest BCUT2D eigenvalue weighted by atomic mass is 9.58. The molecule has 318 valence electrons. The number of aliphatic hydroxyl groups excluding tert-OH is 1. The van der Waals surface area contributed by atoms with Gasteiger partial charge in [0.1, 0.15) is 11.8 Å². The number of hydrogen-bond donors (Lipinski definition) is 6. The summed E-state index contributed by atoms with van der Waals surface area (Å²) in [5, 5.41) is 25.4. The molecule has 3 amide bonds. The number of carbonyl (C=O) groups is 7. The maximum absolute atomic E-state index is 13.5. The Morgan fingerprint density at radius 2 is 1.36 bits per heavy atom. The van der Waals surface area contributed by atoms with E-state index in [0.717, 1.165) is 30.4 Å². The van der Waals surface area contributed by atoms with Crippen LogP contribution in [0.2, 0.25) is 12.6 Å². The summed E-state index contributed by atoms with van der Waals surface area (Å²) >= 11 is 0. The van der Waals surface area contributed by atoms with Gasteiger partial charge in [0.15, 0.2) is 17.3 Å². The van der Waals surface area contributed by atoms with Crippen LogP contribution in [-0.4, -0.2) is 82.6 Å². The smallest absolute Gasteiger partial charge is 0.289 e. The third kappa shape index (κ3) is 17.5. The Morgan fingerprint density at radius 3 is 1.91 bits per heavy atom. The zero-order chi connectivity index (χ0) is 43.4. The van der Waals surface area contributed by atoms with Gasteiger partial charge in [-0.3, -0.25) is 33.6 Å². The first-order valence-corrected chi connectivity index (χ1v) is 20.7. The van der Waals surface area contributed by atoms with Crippen molar-refractivity contribution < 1.29 is 43.7 Å². The molecule has 0 saturated heterocycles. The highest BCUT2D eigenvalue weighted by molar-refractivity contribution is 6.50. The molecule has 0 aliphatic carbocycles. The van der Waals surface area contributed by atoms with Crippen LogP contribution in [0.5, 0.6) is 0 Å². The van der Waals surface area contributed by atoms with E-state index < -0.39 is 84.9 Å². The molecule has 2 aromatic rings. The van der Waals surface area contributed by atoms with E-state index in [-0.39, 0.29) is 37.2 Å². The van der Waals surface area contributed by atoms with Gasteiger partial charge in [-0.05, 0) is 68.1 Å². The van der Waals surface area contributed by atoms with Crippen molar-refractivity contribution in [2.45, 2.75) is 142 Å². The Labute approximate surface area is 344 Å². The second kappa shape index (κ2) is 25.8. The maximum Gasteiger partial charge on any atom is 0.289 e. The molecule has 14 heteroatoms. The number of amides is 3. The maximum atomic E-state index is 13.5. The number of ketones is 4. The van der Waals surface area contributed by atoms with Crippen LogP contribution in [0, 0.1) is 11.8 Å². The lowest BCUT2D eigenvalue weighted by molar-refractivity contribution is -0.136. The molecule has 0 fully saturated rings. The molecule has 58 heavy (non-hydrogen) atoms. The second-order valence-electron chi connectivity index (χ2n) is 15.8. The van der Waals surface area contributed by atoms with Gasteiger partial charge in [-0.15, -0.1) is 0 Å². The van der Waals surface area contributed by atoms with Crippen molar-refractivity contribution in [2.24, 2.45) is 23.3 Å². The molecule has 0 aromatic heterocycles. The van der Waals surface area contributed by atoms with Crippen LogP contribution in [0.4, 0.5) is 0 Å². The van der Waals surface area contributed by atoms with Crippen LogP contribution in [0.1, 0.15) is 121 Å². The zero-order valence-electron chi connectivity index (χ0n) is 35.0. The van der Waals surface area contributed by atoms with E-state index in [1.54, 1.807) is 19.1 Å². The monoisotopic (exact) mass is 804 g/mol. The lowest BCUT2D eigenvalue weighted by Gasteiger charge is -2.25. The average molecular weight is 805 g/mol. The molecular weight excluding hydrogens is 739 g/mol. The van der Waals surface area contributed by atoms with Gasteiger partial charge in [-0.2, -0.15) is 0 Å². The number of aryl methyl sites for hydroxylation is 1. The fourth-order valence-corrected chi connectivity index (χ4v) is 6.57. The summed E-state index contributed by atoms with van der Waals surface area (Å²) in [6.07, 6.45) is 2.88. The summed E-state index contributed by atoms with van der Waals surface area (Å²) in [4.78, 5) is 90.5. The van der Waals surface area contributed by atoms with Crippen molar-refractivity contribution in [3.63, 3.8) is 0 Å². The molecule has 0 heterocycles. The zero-order valence-corrected chi connectivity index (χ0v) is 35.0. The molecule has 0 bridgehead atoms. The summed E-state index contributed by atoms with van der Waals surface area (Å²) in [7, 11) is 0. The minimum atomic E-state index is -1.39. The summed E-state index contributed by atoms with van der Waals surface area (Å²) in [5.41, 5.74) is 14.9. The lowest BCUT2D eigenvalue weighted by Crippen LogP contribution is -2.51. The summed E-state index contributed by atoms with van der Waals surface area (Å²) in [5.74, 6) is -5.86. The minimum Gasteiger partial charge on any atom is -0.450 e. The molecule has 0 spiro atoms. The predicted octanol–water partition coefficient (Wildman–Crippen LogP) is 4.54. The highest BCUT2D eigenvalue weighted by Gasteiger charge is 2.33. The number of benzene rings is 2. The van der Waals surface area contributed by atoms with Crippen LogP contribution in [-0.2, 0) is 35.2 Å². The van der Waals surface area contributed by atoms with Gasteiger partial charge < -0.3 is 32.2 Å². The summed E-state index contributed by atoms with van der Waals surface area (Å²) < 4.78 is 0. The van der Waals surface area contributed by atoms with Gasteiger partial charge in [0, 0.05) is 49.5 Å². The largest absolute Gasteiger partial charge is 0.450 e. The quantitative estimate of drug-likeness (QED) is 0.0382. The van der Waals surface area contributed by atoms with Crippen LogP contribution < -0.4 is 22.1 Å². The fraction of sp³-hybridized carbons (Fsp3) is 0.568. The topological polar surface area (TPSA) is 236 Å². The second-order valence-corrected chi connectivity index (χ2v) is 15.8. The van der Waals surface area contributed by atoms with E-state index in [9.17, 15) is 43.7 Å². The number of aliphatic hydroxyl groups is 1. The molecule has 2 rings (SSSR count). The SMILES string of the molecule is CCCCc1ccc(-c2ccc(C(=O)CCCC(=O)C[C@@H](CCCCN)C(=O)N[C@H](C(=O)C[C@@H](C)C(=O)N[C@@H](CC(N)=O)C(=O)C[C@H](C)B(C)O)C(C)O)cc2)cc1. The average Bonchev–Trinajstić information content (AvgIpc) is 3.18. The summed E-state index contributed by atoms with van der Waals surface area (Å²) in [6, 6.07) is 13.2. The van der Waals surface area contributed by atoms with E-state index >= 15 is 0 Å². The van der Waals surface area contributed by atoms with Crippen LogP contribution in [0.15, 0.2) is 48.5 Å². The van der Waals surface area contributed by atoms with Crippen LogP contribution in [0.25, 0.3) is 11.1 Å². The number of primary amides is 1. The van der Waals surface area contributed by atoms with Crippen LogP contribution >= 0.6 is 0 Å². The molecule has 0 aliphatic heterocycles. The number of rotatable bonds is 29. The minimum absolute atomic E-state index is 0.0808. The standard InChI is InChI=1S/C44H65BN4O9/c1-6-7-11-31-15-17-32(18-16-31)33-19-21-34(22-20-33)38(52)14-10-13-36(51)26-35(12-8-9-23-46)44(57)49-42(30(4)50)40(54)24-28(2)43(56)48-37(27-41(47)55)39(53)25-29(3)45(5)58/h15-22,28-30,35,37,42,50,58H,6-14,23-27,46H2,1-5H3,(H2,47,55)(H,48,56)(H,49,57)/t28-,29+,30?,35-,37+,42+/m1/s1. The number of Topliss-reactive ketones (excluding diaryl/α,β-unsaturated/α-hetero) is 4. The molecule has 1 unspecified atom stereocenters. The normalized spacial score (nSPS) is 14.3.